The lowest BCUT2D eigenvalue weighted by molar-refractivity contribution is -0.671. The van der Waals surface area contributed by atoms with Crippen LogP contribution in [0.15, 0.2) is 53.3 Å². The van der Waals surface area contributed by atoms with Crippen LogP contribution >= 0.6 is 0 Å². The molecule has 0 bridgehead atoms. The summed E-state index contributed by atoms with van der Waals surface area (Å²) >= 11 is 0. The quantitative estimate of drug-likeness (QED) is 0.292. The van der Waals surface area contributed by atoms with Crippen molar-refractivity contribution in [3.8, 4) is 11.3 Å². The maximum Gasteiger partial charge on any atom is 0.232 e. The first-order valence-corrected chi connectivity index (χ1v) is 6.80. The third-order valence-electron chi connectivity index (χ3n) is 3.79. The molecule has 114 valence electrons. The van der Waals surface area contributed by atoms with Gasteiger partial charge < -0.3 is 28.5 Å². The SMILES string of the molecule is C[n+]1ccc(-c2noc3c2C(=O)c2ccccc2C3=O)cc1.[I-]. The molecular weight excluding hydrogens is 407 g/mol. The molecule has 0 saturated heterocycles. The molecule has 6 heteroatoms. The Morgan fingerprint density at radius 2 is 1.57 bits per heavy atom. The Morgan fingerprint density at radius 1 is 0.957 bits per heavy atom. The van der Waals surface area contributed by atoms with E-state index in [2.05, 4.69) is 5.16 Å². The number of benzene rings is 1. The van der Waals surface area contributed by atoms with E-state index < -0.39 is 0 Å². The highest BCUT2D eigenvalue weighted by Crippen LogP contribution is 2.33. The van der Waals surface area contributed by atoms with E-state index in [9.17, 15) is 9.59 Å². The van der Waals surface area contributed by atoms with Crippen molar-refractivity contribution in [3.63, 3.8) is 0 Å². The van der Waals surface area contributed by atoms with Gasteiger partial charge in [-0.25, -0.2) is 4.57 Å². The number of carbonyl (C=O) groups excluding carboxylic acids is 2. The fourth-order valence-corrected chi connectivity index (χ4v) is 2.65. The predicted molar refractivity (Wildman–Crippen MR) is 76.4 cm³/mol. The van der Waals surface area contributed by atoms with Gasteiger partial charge in [-0.3, -0.25) is 9.59 Å². The zero-order valence-electron chi connectivity index (χ0n) is 12.1. The summed E-state index contributed by atoms with van der Waals surface area (Å²) in [4.78, 5) is 25.2. The molecule has 0 spiro atoms. The van der Waals surface area contributed by atoms with E-state index in [1.54, 1.807) is 24.3 Å². The van der Waals surface area contributed by atoms with Gasteiger partial charge in [0.05, 0.1) is 0 Å². The molecule has 0 N–H and O–H groups in total. The van der Waals surface area contributed by atoms with Gasteiger partial charge >= 0.3 is 0 Å². The fraction of sp³-hybridized carbons (Fsp3) is 0.0588. The number of nitrogens with zero attached hydrogens (tertiary/aromatic N) is 2. The number of carbonyl (C=O) groups is 2. The molecule has 1 aromatic carbocycles. The van der Waals surface area contributed by atoms with Gasteiger partial charge in [0.15, 0.2) is 18.2 Å². The Labute approximate surface area is 148 Å². The lowest BCUT2D eigenvalue weighted by Gasteiger charge is -2.12. The first-order valence-electron chi connectivity index (χ1n) is 6.80. The molecule has 0 fully saturated rings. The highest BCUT2D eigenvalue weighted by molar-refractivity contribution is 6.29. The molecule has 5 nitrogen and oxygen atoms in total. The van der Waals surface area contributed by atoms with Gasteiger partial charge in [-0.05, 0) is 0 Å². The van der Waals surface area contributed by atoms with Crippen LogP contribution in [0.1, 0.15) is 32.0 Å². The maximum atomic E-state index is 12.7. The molecule has 0 unspecified atom stereocenters. The standard InChI is InChI=1S/C17H11N2O3.HI/c1-19-8-6-10(7-9-19)14-13-15(20)11-4-2-3-5-12(11)16(21)17(13)22-18-14;/h2-9H,1H3;1H/q+1;/p-1. The third kappa shape index (κ3) is 2.29. The van der Waals surface area contributed by atoms with Crippen molar-refractivity contribution in [2.45, 2.75) is 0 Å². The van der Waals surface area contributed by atoms with Crippen molar-refractivity contribution >= 4 is 11.6 Å². The van der Waals surface area contributed by atoms with Crippen molar-refractivity contribution in [2.24, 2.45) is 7.05 Å². The van der Waals surface area contributed by atoms with Crippen LogP contribution in [0.3, 0.4) is 0 Å². The van der Waals surface area contributed by atoms with Crippen LogP contribution in [-0.4, -0.2) is 16.7 Å². The molecule has 0 radical (unpaired) electrons. The average Bonchev–Trinajstić information content (AvgIpc) is 2.99. The van der Waals surface area contributed by atoms with Crippen LogP contribution < -0.4 is 28.5 Å². The summed E-state index contributed by atoms with van der Waals surface area (Å²) in [5, 5.41) is 3.96. The molecule has 1 aliphatic carbocycles. The molecule has 23 heavy (non-hydrogen) atoms. The van der Waals surface area contributed by atoms with E-state index in [-0.39, 0.29) is 46.9 Å². The van der Waals surface area contributed by atoms with Gasteiger partial charge in [0.2, 0.25) is 11.5 Å². The smallest absolute Gasteiger partial charge is 0.232 e. The molecule has 0 saturated carbocycles. The minimum Gasteiger partial charge on any atom is -1.00 e. The van der Waals surface area contributed by atoms with Crippen molar-refractivity contribution in [2.75, 3.05) is 0 Å². The first-order chi connectivity index (χ1) is 10.7. The van der Waals surface area contributed by atoms with E-state index in [0.717, 1.165) is 5.56 Å². The van der Waals surface area contributed by atoms with Gasteiger partial charge in [0.1, 0.15) is 18.3 Å². The summed E-state index contributed by atoms with van der Waals surface area (Å²) in [7, 11) is 1.90. The topological polar surface area (TPSA) is 64.1 Å². The van der Waals surface area contributed by atoms with Crippen molar-refractivity contribution in [1.29, 1.82) is 0 Å². The number of hydrogen-bond donors (Lipinski definition) is 0. The zero-order chi connectivity index (χ0) is 15.3. The second-order valence-electron chi connectivity index (χ2n) is 5.19. The van der Waals surface area contributed by atoms with Gasteiger partial charge in [-0.2, -0.15) is 0 Å². The van der Waals surface area contributed by atoms with Gasteiger partial charge in [0, 0.05) is 28.8 Å². The lowest BCUT2D eigenvalue weighted by atomic mass is 9.86. The molecule has 4 rings (SSSR count). The van der Waals surface area contributed by atoms with Crippen LogP contribution in [0, 0.1) is 0 Å². The molecule has 2 heterocycles. The Morgan fingerprint density at radius 3 is 2.22 bits per heavy atom. The maximum absolute atomic E-state index is 12.7. The van der Waals surface area contributed by atoms with E-state index in [1.165, 1.54) is 0 Å². The molecular formula is C17H11IN2O3. The summed E-state index contributed by atoms with van der Waals surface area (Å²) in [6.45, 7) is 0. The van der Waals surface area contributed by atoms with Crippen molar-refractivity contribution in [3.05, 3.63) is 71.2 Å². The number of halogens is 1. The number of aryl methyl sites for hydroxylation is 1. The minimum atomic E-state index is -0.301. The largest absolute Gasteiger partial charge is 1.00 e. The number of rotatable bonds is 1. The first kappa shape index (κ1) is 15.5. The zero-order valence-corrected chi connectivity index (χ0v) is 14.3. The monoisotopic (exact) mass is 418 g/mol. The van der Waals surface area contributed by atoms with Crippen LogP contribution in [0.2, 0.25) is 0 Å². The second-order valence-corrected chi connectivity index (χ2v) is 5.19. The van der Waals surface area contributed by atoms with E-state index in [1.807, 2.05) is 36.1 Å². The van der Waals surface area contributed by atoms with E-state index in [4.69, 9.17) is 4.52 Å². The minimum absolute atomic E-state index is 0. The van der Waals surface area contributed by atoms with Crippen LogP contribution in [0.25, 0.3) is 11.3 Å². The van der Waals surface area contributed by atoms with Crippen molar-refractivity contribution in [1.82, 2.24) is 5.16 Å². The normalized spacial score (nSPS) is 12.4. The Hall–Kier alpha value is -2.35. The van der Waals surface area contributed by atoms with Crippen LogP contribution in [0.4, 0.5) is 0 Å². The summed E-state index contributed by atoms with van der Waals surface area (Å²) in [6.07, 6.45) is 3.69. The van der Waals surface area contributed by atoms with Crippen LogP contribution in [0.5, 0.6) is 0 Å². The highest BCUT2D eigenvalue weighted by Gasteiger charge is 2.36. The van der Waals surface area contributed by atoms with E-state index in [0.29, 0.717) is 16.8 Å². The third-order valence-corrected chi connectivity index (χ3v) is 3.79. The number of aromatic nitrogens is 2. The second kappa shape index (κ2) is 5.69. The Balaban J connectivity index is 0.00000156. The Bertz CT molecular complexity index is 929. The molecule has 2 aromatic heterocycles. The summed E-state index contributed by atoms with van der Waals surface area (Å²) in [5.74, 6) is -0.507. The van der Waals surface area contributed by atoms with Crippen LogP contribution in [-0.2, 0) is 7.05 Å². The molecule has 0 amide bonds. The van der Waals surface area contributed by atoms with Gasteiger partial charge in [-0.1, -0.05) is 29.4 Å². The number of ketones is 2. The summed E-state index contributed by atoms with van der Waals surface area (Å²) in [5.41, 5.74) is 2.15. The summed E-state index contributed by atoms with van der Waals surface area (Å²) in [6, 6.07) is 10.4. The van der Waals surface area contributed by atoms with E-state index >= 15 is 0 Å². The number of fused-ring (bicyclic) bond motifs is 2. The highest BCUT2D eigenvalue weighted by atomic mass is 127. The average molecular weight is 418 g/mol. The van der Waals surface area contributed by atoms with Gasteiger partial charge in [0.25, 0.3) is 0 Å². The molecule has 0 atom stereocenters. The fourth-order valence-electron chi connectivity index (χ4n) is 2.65. The van der Waals surface area contributed by atoms with Gasteiger partial charge in [-0.15, -0.1) is 0 Å². The predicted octanol–water partition coefficient (Wildman–Crippen LogP) is -1.05. The summed E-state index contributed by atoms with van der Waals surface area (Å²) < 4.78 is 7.06. The lowest BCUT2D eigenvalue weighted by Crippen LogP contribution is -3.00. The van der Waals surface area contributed by atoms with Crippen molar-refractivity contribution < 1.29 is 42.7 Å². The molecule has 3 aromatic rings. The molecule has 0 aliphatic heterocycles. The molecule has 1 aliphatic rings. The Kier molecular flexibility index (Phi) is 3.85. The number of hydrogen-bond acceptors (Lipinski definition) is 4. The number of pyridine rings is 1.